The Morgan fingerprint density at radius 3 is 2.59 bits per heavy atom. The molecule has 0 aromatic rings. The molecule has 0 unspecified atom stereocenters. The van der Waals surface area contributed by atoms with Crippen LogP contribution in [0.15, 0.2) is 0 Å². The van der Waals surface area contributed by atoms with E-state index in [1.807, 2.05) is 0 Å². The van der Waals surface area contributed by atoms with Crippen LogP contribution in [0.4, 0.5) is 0 Å². The number of carboxylic acid groups (broad SMARTS) is 1. The molecule has 0 bridgehead atoms. The van der Waals surface area contributed by atoms with Crippen molar-refractivity contribution in [1.29, 1.82) is 0 Å². The molecule has 1 rings (SSSR count). The SMILES string of the molecule is COCCNCC(=O)NCC1(C(=O)O)CCC1. The summed E-state index contributed by atoms with van der Waals surface area (Å²) in [6.07, 6.45) is 2.23. The van der Waals surface area contributed by atoms with Crippen LogP contribution in [-0.4, -0.2) is 50.3 Å². The Balaban J connectivity index is 2.16. The smallest absolute Gasteiger partial charge is 0.311 e. The fourth-order valence-corrected chi connectivity index (χ4v) is 1.78. The summed E-state index contributed by atoms with van der Waals surface area (Å²) in [7, 11) is 1.59. The number of ether oxygens (including phenoxy) is 1. The summed E-state index contributed by atoms with van der Waals surface area (Å²) >= 11 is 0. The van der Waals surface area contributed by atoms with Gasteiger partial charge < -0.3 is 20.5 Å². The highest BCUT2D eigenvalue weighted by Gasteiger charge is 2.44. The van der Waals surface area contributed by atoms with Gasteiger partial charge in [0.05, 0.1) is 18.6 Å². The molecule has 0 radical (unpaired) electrons. The van der Waals surface area contributed by atoms with E-state index in [9.17, 15) is 9.59 Å². The van der Waals surface area contributed by atoms with Crippen LogP contribution in [0.2, 0.25) is 0 Å². The van der Waals surface area contributed by atoms with Gasteiger partial charge in [-0.15, -0.1) is 0 Å². The van der Waals surface area contributed by atoms with Gasteiger partial charge in [0.1, 0.15) is 0 Å². The first-order valence-electron chi connectivity index (χ1n) is 5.80. The zero-order chi connectivity index (χ0) is 12.7. The summed E-state index contributed by atoms with van der Waals surface area (Å²) < 4.78 is 4.82. The number of hydrogen-bond donors (Lipinski definition) is 3. The molecule has 1 aliphatic carbocycles. The normalized spacial score (nSPS) is 17.2. The molecule has 1 amide bonds. The standard InChI is InChI=1S/C11H20N2O4/c1-17-6-5-12-7-9(14)13-8-11(10(15)16)3-2-4-11/h12H,2-8H2,1H3,(H,13,14)(H,15,16). The molecule has 17 heavy (non-hydrogen) atoms. The quantitative estimate of drug-likeness (QED) is 0.505. The van der Waals surface area contributed by atoms with E-state index in [1.165, 1.54) is 0 Å². The average molecular weight is 244 g/mol. The van der Waals surface area contributed by atoms with Crippen molar-refractivity contribution in [3.63, 3.8) is 0 Å². The van der Waals surface area contributed by atoms with E-state index in [4.69, 9.17) is 9.84 Å². The third-order valence-electron chi connectivity index (χ3n) is 3.16. The third kappa shape index (κ3) is 3.98. The highest BCUT2D eigenvalue weighted by Crippen LogP contribution is 2.40. The van der Waals surface area contributed by atoms with Gasteiger partial charge in [-0.1, -0.05) is 6.42 Å². The van der Waals surface area contributed by atoms with E-state index in [0.29, 0.717) is 26.0 Å². The van der Waals surface area contributed by atoms with Crippen molar-refractivity contribution in [2.45, 2.75) is 19.3 Å². The molecular formula is C11H20N2O4. The fourth-order valence-electron chi connectivity index (χ4n) is 1.78. The largest absolute Gasteiger partial charge is 0.481 e. The summed E-state index contributed by atoms with van der Waals surface area (Å²) in [5, 5.41) is 14.6. The van der Waals surface area contributed by atoms with Gasteiger partial charge >= 0.3 is 5.97 Å². The molecule has 98 valence electrons. The van der Waals surface area contributed by atoms with Crippen LogP contribution in [0.3, 0.4) is 0 Å². The van der Waals surface area contributed by atoms with Crippen LogP contribution in [0.1, 0.15) is 19.3 Å². The Morgan fingerprint density at radius 2 is 2.12 bits per heavy atom. The van der Waals surface area contributed by atoms with Crippen LogP contribution in [-0.2, 0) is 14.3 Å². The van der Waals surface area contributed by atoms with E-state index in [-0.39, 0.29) is 19.0 Å². The van der Waals surface area contributed by atoms with Gasteiger partial charge in [0.2, 0.25) is 5.91 Å². The van der Waals surface area contributed by atoms with Crippen molar-refractivity contribution in [2.24, 2.45) is 5.41 Å². The van der Waals surface area contributed by atoms with Gasteiger partial charge in [0, 0.05) is 20.2 Å². The number of hydrogen-bond acceptors (Lipinski definition) is 4. The summed E-state index contributed by atoms with van der Waals surface area (Å²) in [6.45, 7) is 1.58. The minimum absolute atomic E-state index is 0.173. The molecule has 0 aromatic heterocycles. The first kappa shape index (κ1) is 13.9. The summed E-state index contributed by atoms with van der Waals surface area (Å²) in [6, 6.07) is 0. The van der Waals surface area contributed by atoms with Gasteiger partial charge in [-0.25, -0.2) is 0 Å². The number of carbonyl (C=O) groups excluding carboxylic acids is 1. The summed E-state index contributed by atoms with van der Waals surface area (Å²) in [5.41, 5.74) is -0.720. The molecule has 6 heteroatoms. The van der Waals surface area contributed by atoms with Crippen molar-refractivity contribution in [3.05, 3.63) is 0 Å². The second-order valence-electron chi connectivity index (χ2n) is 4.39. The van der Waals surface area contributed by atoms with Gasteiger partial charge in [0.15, 0.2) is 0 Å². The second-order valence-corrected chi connectivity index (χ2v) is 4.39. The molecule has 1 aliphatic rings. The molecule has 6 nitrogen and oxygen atoms in total. The lowest BCUT2D eigenvalue weighted by Crippen LogP contribution is -2.49. The Labute approximate surface area is 101 Å². The lowest BCUT2D eigenvalue weighted by Gasteiger charge is -2.37. The first-order chi connectivity index (χ1) is 8.10. The highest BCUT2D eigenvalue weighted by molar-refractivity contribution is 5.80. The number of nitrogens with one attached hydrogen (secondary N) is 2. The highest BCUT2D eigenvalue weighted by atomic mass is 16.5. The molecule has 0 aromatic carbocycles. The average Bonchev–Trinajstić information content (AvgIpc) is 2.22. The lowest BCUT2D eigenvalue weighted by atomic mass is 9.69. The van der Waals surface area contributed by atoms with Crippen LogP contribution in [0.5, 0.6) is 0 Å². The maximum Gasteiger partial charge on any atom is 0.311 e. The number of amides is 1. The van der Waals surface area contributed by atoms with Crippen molar-refractivity contribution in [2.75, 3.05) is 33.4 Å². The monoisotopic (exact) mass is 244 g/mol. The number of carboxylic acids is 1. The predicted molar refractivity (Wildman–Crippen MR) is 61.7 cm³/mol. The minimum atomic E-state index is -0.809. The molecule has 0 atom stereocenters. The fraction of sp³-hybridized carbons (Fsp3) is 0.818. The molecule has 3 N–H and O–H groups in total. The van der Waals surface area contributed by atoms with E-state index in [1.54, 1.807) is 7.11 Å². The Bertz CT molecular complexity index is 277. The zero-order valence-corrected chi connectivity index (χ0v) is 10.1. The first-order valence-corrected chi connectivity index (χ1v) is 5.80. The molecule has 0 heterocycles. The molecular weight excluding hydrogens is 224 g/mol. The van der Waals surface area contributed by atoms with Crippen LogP contribution in [0, 0.1) is 5.41 Å². The Kier molecular flexibility index (Phi) is 5.37. The van der Waals surface area contributed by atoms with E-state index < -0.39 is 11.4 Å². The van der Waals surface area contributed by atoms with Crippen LogP contribution < -0.4 is 10.6 Å². The van der Waals surface area contributed by atoms with Crippen LogP contribution >= 0.6 is 0 Å². The Morgan fingerprint density at radius 1 is 1.41 bits per heavy atom. The van der Waals surface area contributed by atoms with Crippen LogP contribution in [0.25, 0.3) is 0 Å². The molecule has 0 spiro atoms. The molecule has 0 aliphatic heterocycles. The predicted octanol–water partition coefficient (Wildman–Crippen LogP) is -0.406. The van der Waals surface area contributed by atoms with Gasteiger partial charge in [-0.3, -0.25) is 9.59 Å². The molecule has 1 fully saturated rings. The third-order valence-corrected chi connectivity index (χ3v) is 3.16. The van der Waals surface area contributed by atoms with E-state index >= 15 is 0 Å². The molecule has 0 saturated heterocycles. The van der Waals surface area contributed by atoms with E-state index in [0.717, 1.165) is 6.42 Å². The summed E-state index contributed by atoms with van der Waals surface area (Å²) in [5.74, 6) is -0.981. The van der Waals surface area contributed by atoms with Crippen molar-refractivity contribution in [1.82, 2.24) is 10.6 Å². The zero-order valence-electron chi connectivity index (χ0n) is 10.1. The second kappa shape index (κ2) is 6.56. The number of methoxy groups -OCH3 is 1. The van der Waals surface area contributed by atoms with Gasteiger partial charge in [0.25, 0.3) is 0 Å². The minimum Gasteiger partial charge on any atom is -0.481 e. The number of aliphatic carboxylic acids is 1. The van der Waals surface area contributed by atoms with Crippen molar-refractivity contribution >= 4 is 11.9 Å². The molecule has 1 saturated carbocycles. The summed E-state index contributed by atoms with van der Waals surface area (Å²) in [4.78, 5) is 22.4. The topological polar surface area (TPSA) is 87.7 Å². The number of rotatable bonds is 8. The number of carbonyl (C=O) groups is 2. The Hall–Kier alpha value is -1.14. The van der Waals surface area contributed by atoms with E-state index in [2.05, 4.69) is 10.6 Å². The van der Waals surface area contributed by atoms with Gasteiger partial charge in [-0.05, 0) is 12.8 Å². The maximum absolute atomic E-state index is 11.4. The van der Waals surface area contributed by atoms with Gasteiger partial charge in [-0.2, -0.15) is 0 Å². The maximum atomic E-state index is 11.4. The van der Waals surface area contributed by atoms with Crippen molar-refractivity contribution in [3.8, 4) is 0 Å². The van der Waals surface area contributed by atoms with Crippen molar-refractivity contribution < 1.29 is 19.4 Å². The lowest BCUT2D eigenvalue weighted by molar-refractivity contribution is -0.154.